The molecule has 1 fully saturated rings. The first kappa shape index (κ1) is 18.9. The molecule has 1 saturated heterocycles. The van der Waals surface area contributed by atoms with Gasteiger partial charge in [-0.05, 0) is 51.4 Å². The molecule has 1 atom stereocenters. The number of piperidine rings is 1. The summed E-state index contributed by atoms with van der Waals surface area (Å²) in [5, 5.41) is 4.19. The van der Waals surface area contributed by atoms with E-state index in [9.17, 15) is 8.42 Å². The van der Waals surface area contributed by atoms with Crippen molar-refractivity contribution < 1.29 is 8.42 Å². The van der Waals surface area contributed by atoms with Gasteiger partial charge >= 0.3 is 0 Å². The highest BCUT2D eigenvalue weighted by molar-refractivity contribution is 7.90. The topological polar surface area (TPSA) is 80.1 Å². The van der Waals surface area contributed by atoms with Crippen molar-refractivity contribution in [3.63, 3.8) is 0 Å². The monoisotopic (exact) mass is 399 g/mol. The lowest BCUT2D eigenvalue weighted by molar-refractivity contribution is 0.434. The second kappa shape index (κ2) is 7.52. The van der Waals surface area contributed by atoms with Crippen LogP contribution >= 0.6 is 0 Å². The second-order valence-electron chi connectivity index (χ2n) is 7.15. The van der Waals surface area contributed by atoms with Crippen molar-refractivity contribution in [2.24, 2.45) is 0 Å². The van der Waals surface area contributed by atoms with Crippen LogP contribution in [0.15, 0.2) is 47.8 Å². The molecule has 148 valence electrons. The van der Waals surface area contributed by atoms with E-state index in [1.54, 1.807) is 36.5 Å². The average Bonchev–Trinajstić information content (AvgIpc) is 3.15. The molecule has 0 radical (unpaired) electrons. The summed E-state index contributed by atoms with van der Waals surface area (Å²) in [4.78, 5) is 11.3. The van der Waals surface area contributed by atoms with Crippen molar-refractivity contribution in [3.8, 4) is 0 Å². The van der Waals surface area contributed by atoms with E-state index in [0.29, 0.717) is 11.7 Å². The molecular weight excluding hydrogens is 374 g/mol. The Balaban J connectivity index is 1.79. The van der Waals surface area contributed by atoms with Gasteiger partial charge in [0.05, 0.1) is 10.3 Å². The van der Waals surface area contributed by atoms with Crippen LogP contribution in [-0.2, 0) is 10.0 Å². The van der Waals surface area contributed by atoms with Crippen molar-refractivity contribution in [2.75, 3.05) is 24.5 Å². The molecule has 3 heterocycles. The largest absolute Gasteiger partial charge is 0.352 e. The Hall–Kier alpha value is -2.45. The minimum atomic E-state index is -3.72. The fraction of sp³-hybridized carbons (Fsp3) is 0.400. The molecule has 1 N–H and O–H groups in total. The molecule has 0 amide bonds. The SMILES string of the molecule is CCN(c1ncnc2c1ccn2S(=O)(=O)c1ccc(C)cc1)[C@@H]1CCCNC1. The molecule has 7 nitrogen and oxygen atoms in total. The van der Waals surface area contributed by atoms with Gasteiger partial charge in [0.15, 0.2) is 5.65 Å². The van der Waals surface area contributed by atoms with Crippen LogP contribution in [0.2, 0.25) is 0 Å². The first-order chi connectivity index (χ1) is 13.5. The van der Waals surface area contributed by atoms with Gasteiger partial charge in [-0.1, -0.05) is 17.7 Å². The molecule has 2 aromatic heterocycles. The fourth-order valence-corrected chi connectivity index (χ4v) is 5.14. The van der Waals surface area contributed by atoms with E-state index >= 15 is 0 Å². The standard InChI is InChI=1S/C20H25N5O2S/c1-3-24(16-5-4-11-21-13-16)19-18-10-12-25(20(18)23-14-22-19)28(26,27)17-8-6-15(2)7-9-17/h6-10,12,14,16,21H,3-5,11,13H2,1-2H3/t16-/m1/s1. The zero-order chi connectivity index (χ0) is 19.7. The van der Waals surface area contributed by atoms with Crippen molar-refractivity contribution in [1.29, 1.82) is 0 Å². The number of rotatable bonds is 5. The third-order valence-corrected chi connectivity index (χ3v) is 7.01. The van der Waals surface area contributed by atoms with Crippen LogP contribution in [0.1, 0.15) is 25.3 Å². The average molecular weight is 400 g/mol. The minimum Gasteiger partial charge on any atom is -0.352 e. The first-order valence-electron chi connectivity index (χ1n) is 9.64. The Morgan fingerprint density at radius 2 is 2.00 bits per heavy atom. The van der Waals surface area contributed by atoms with Crippen molar-refractivity contribution in [1.82, 2.24) is 19.3 Å². The molecule has 0 spiro atoms. The quantitative estimate of drug-likeness (QED) is 0.710. The van der Waals surface area contributed by atoms with E-state index in [-0.39, 0.29) is 4.90 Å². The second-order valence-corrected chi connectivity index (χ2v) is 8.97. The number of likely N-dealkylation sites (N-methyl/N-ethyl adjacent to an activating group) is 1. The molecule has 0 saturated carbocycles. The van der Waals surface area contributed by atoms with Crippen molar-refractivity contribution in [3.05, 3.63) is 48.4 Å². The molecule has 1 aliphatic rings. The highest BCUT2D eigenvalue weighted by Crippen LogP contribution is 2.29. The van der Waals surface area contributed by atoms with Crippen LogP contribution < -0.4 is 10.2 Å². The maximum absolute atomic E-state index is 13.2. The van der Waals surface area contributed by atoms with E-state index in [1.807, 2.05) is 6.92 Å². The Morgan fingerprint density at radius 1 is 1.21 bits per heavy atom. The maximum atomic E-state index is 13.2. The Morgan fingerprint density at radius 3 is 2.68 bits per heavy atom. The number of nitrogens with one attached hydrogen (secondary N) is 1. The molecule has 3 aromatic rings. The Bertz CT molecular complexity index is 1070. The summed E-state index contributed by atoms with van der Waals surface area (Å²) in [5.74, 6) is 0.791. The molecule has 8 heteroatoms. The van der Waals surface area contributed by atoms with Crippen LogP contribution in [0.3, 0.4) is 0 Å². The predicted octanol–water partition coefficient (Wildman–Crippen LogP) is 2.56. The maximum Gasteiger partial charge on any atom is 0.269 e. The van der Waals surface area contributed by atoms with Gasteiger partial charge < -0.3 is 10.2 Å². The summed E-state index contributed by atoms with van der Waals surface area (Å²) < 4.78 is 27.6. The lowest BCUT2D eigenvalue weighted by Crippen LogP contribution is -2.46. The molecule has 0 unspecified atom stereocenters. The number of fused-ring (bicyclic) bond motifs is 1. The van der Waals surface area contributed by atoms with E-state index in [1.165, 1.54) is 10.3 Å². The molecule has 1 aromatic carbocycles. The highest BCUT2D eigenvalue weighted by atomic mass is 32.2. The number of nitrogens with zero attached hydrogens (tertiary/aromatic N) is 4. The Labute approximate surface area is 165 Å². The fourth-order valence-electron chi connectivity index (χ4n) is 3.84. The predicted molar refractivity (Wildman–Crippen MR) is 110 cm³/mol. The van der Waals surface area contributed by atoms with Crippen LogP contribution in [0.4, 0.5) is 5.82 Å². The van der Waals surface area contributed by atoms with Crippen LogP contribution in [-0.4, -0.2) is 48.0 Å². The minimum absolute atomic E-state index is 0.250. The first-order valence-corrected chi connectivity index (χ1v) is 11.1. The van der Waals surface area contributed by atoms with Crippen molar-refractivity contribution in [2.45, 2.75) is 37.6 Å². The molecule has 0 aliphatic carbocycles. The molecule has 0 bridgehead atoms. The third kappa shape index (κ3) is 3.27. The van der Waals surface area contributed by atoms with E-state index in [2.05, 4.69) is 27.1 Å². The van der Waals surface area contributed by atoms with E-state index in [0.717, 1.165) is 49.2 Å². The van der Waals surface area contributed by atoms with Crippen LogP contribution in [0.25, 0.3) is 11.0 Å². The van der Waals surface area contributed by atoms with Crippen LogP contribution in [0.5, 0.6) is 0 Å². The van der Waals surface area contributed by atoms with Gasteiger partial charge in [0, 0.05) is 25.3 Å². The van der Waals surface area contributed by atoms with Gasteiger partial charge in [-0.2, -0.15) is 0 Å². The zero-order valence-corrected chi connectivity index (χ0v) is 17.0. The molecule has 28 heavy (non-hydrogen) atoms. The number of hydrogen-bond acceptors (Lipinski definition) is 6. The van der Waals surface area contributed by atoms with Gasteiger partial charge in [-0.25, -0.2) is 22.4 Å². The van der Waals surface area contributed by atoms with Gasteiger partial charge in [-0.15, -0.1) is 0 Å². The molecule has 1 aliphatic heterocycles. The highest BCUT2D eigenvalue weighted by Gasteiger charge is 2.25. The molecular formula is C20H25N5O2S. The summed E-state index contributed by atoms with van der Waals surface area (Å²) in [5.41, 5.74) is 1.42. The summed E-state index contributed by atoms with van der Waals surface area (Å²) >= 11 is 0. The van der Waals surface area contributed by atoms with E-state index in [4.69, 9.17) is 0 Å². The summed E-state index contributed by atoms with van der Waals surface area (Å²) in [6.07, 6.45) is 5.25. The third-order valence-electron chi connectivity index (χ3n) is 5.33. The normalized spacial score (nSPS) is 17.7. The number of aromatic nitrogens is 3. The molecule has 4 rings (SSSR count). The summed E-state index contributed by atoms with van der Waals surface area (Å²) in [6.45, 7) is 6.78. The van der Waals surface area contributed by atoms with Crippen LogP contribution in [0, 0.1) is 6.92 Å². The smallest absolute Gasteiger partial charge is 0.269 e. The number of benzene rings is 1. The van der Waals surface area contributed by atoms with Gasteiger partial charge in [0.2, 0.25) is 0 Å². The van der Waals surface area contributed by atoms with Crippen molar-refractivity contribution >= 4 is 26.9 Å². The van der Waals surface area contributed by atoms with Gasteiger partial charge in [0.1, 0.15) is 12.1 Å². The van der Waals surface area contributed by atoms with Gasteiger partial charge in [-0.3, -0.25) is 0 Å². The van der Waals surface area contributed by atoms with Gasteiger partial charge in [0.25, 0.3) is 10.0 Å². The number of aryl methyl sites for hydroxylation is 1. The Kier molecular flexibility index (Phi) is 5.07. The summed E-state index contributed by atoms with van der Waals surface area (Å²) in [6, 6.07) is 9.00. The van der Waals surface area contributed by atoms with E-state index < -0.39 is 10.0 Å². The number of anilines is 1. The zero-order valence-electron chi connectivity index (χ0n) is 16.2. The lowest BCUT2D eigenvalue weighted by Gasteiger charge is -2.35. The number of hydrogen-bond donors (Lipinski definition) is 1. The summed E-state index contributed by atoms with van der Waals surface area (Å²) in [7, 11) is -3.72. The lowest BCUT2D eigenvalue weighted by atomic mass is 10.1.